The maximum Gasteiger partial charge on any atom is 0.289 e. The lowest BCUT2D eigenvalue weighted by molar-refractivity contribution is 0.0950. The first-order valence-corrected chi connectivity index (χ1v) is 7.62. The summed E-state index contributed by atoms with van der Waals surface area (Å²) in [4.78, 5) is 15.7. The van der Waals surface area contributed by atoms with Crippen LogP contribution in [0.5, 0.6) is 0 Å². The lowest BCUT2D eigenvalue weighted by atomic mass is 10.1. The number of nitrogens with one attached hydrogen (secondary N) is 1. The van der Waals surface area contributed by atoms with Crippen molar-refractivity contribution in [2.75, 3.05) is 0 Å². The van der Waals surface area contributed by atoms with E-state index in [-0.39, 0.29) is 5.91 Å². The van der Waals surface area contributed by atoms with Gasteiger partial charge in [-0.3, -0.25) is 9.78 Å². The lowest BCUT2D eigenvalue weighted by Crippen LogP contribution is -2.18. The predicted molar refractivity (Wildman–Crippen MR) is 93.2 cm³/mol. The number of aromatic nitrogens is 1. The topological polar surface area (TPSA) is 67.5 Å². The van der Waals surface area contributed by atoms with Gasteiger partial charge in [0.05, 0.1) is 6.21 Å². The Hall–Kier alpha value is -2.92. The van der Waals surface area contributed by atoms with Crippen molar-refractivity contribution >= 4 is 23.7 Å². The van der Waals surface area contributed by atoms with Gasteiger partial charge in [0.2, 0.25) is 0 Å². The minimum atomic E-state index is -0.385. The Balaban J connectivity index is 1.67. The summed E-state index contributed by atoms with van der Waals surface area (Å²) in [5.41, 5.74) is 4.58. The van der Waals surface area contributed by atoms with Gasteiger partial charge in [0.1, 0.15) is 17.2 Å². The van der Waals surface area contributed by atoms with Crippen LogP contribution in [0.2, 0.25) is 5.02 Å². The van der Waals surface area contributed by atoms with E-state index in [1.807, 2.05) is 31.2 Å². The summed E-state index contributed by atoms with van der Waals surface area (Å²) in [7, 11) is 0. The third-order valence-electron chi connectivity index (χ3n) is 3.34. The van der Waals surface area contributed by atoms with Crippen molar-refractivity contribution in [1.29, 1.82) is 0 Å². The summed E-state index contributed by atoms with van der Waals surface area (Å²) >= 11 is 6.13. The number of aryl methyl sites for hydroxylation is 1. The van der Waals surface area contributed by atoms with E-state index in [1.54, 1.807) is 30.5 Å². The lowest BCUT2D eigenvalue weighted by Gasteiger charge is -2.00. The zero-order chi connectivity index (χ0) is 16.9. The fourth-order valence-electron chi connectivity index (χ4n) is 2.03. The number of carbonyl (C=O) groups excluding carboxylic acids is 1. The molecule has 0 saturated heterocycles. The second kappa shape index (κ2) is 7.10. The molecule has 0 fully saturated rings. The van der Waals surface area contributed by atoms with Crippen LogP contribution >= 0.6 is 11.6 Å². The van der Waals surface area contributed by atoms with Crippen molar-refractivity contribution in [3.63, 3.8) is 0 Å². The van der Waals surface area contributed by atoms with Gasteiger partial charge in [-0.15, -0.1) is 0 Å². The van der Waals surface area contributed by atoms with E-state index in [1.165, 1.54) is 6.21 Å². The van der Waals surface area contributed by atoms with Crippen LogP contribution in [0.15, 0.2) is 64.2 Å². The quantitative estimate of drug-likeness (QED) is 0.575. The second-order valence-corrected chi connectivity index (χ2v) is 5.49. The molecular formula is C18H14ClN3O2. The van der Waals surface area contributed by atoms with Crippen molar-refractivity contribution in [1.82, 2.24) is 10.4 Å². The van der Waals surface area contributed by atoms with Crippen molar-refractivity contribution in [3.8, 4) is 11.3 Å². The van der Waals surface area contributed by atoms with E-state index in [0.29, 0.717) is 22.2 Å². The van der Waals surface area contributed by atoms with E-state index < -0.39 is 0 Å². The van der Waals surface area contributed by atoms with Gasteiger partial charge in [-0.25, -0.2) is 5.43 Å². The molecule has 120 valence electrons. The molecule has 0 atom stereocenters. The molecule has 3 rings (SSSR count). The van der Waals surface area contributed by atoms with Crippen LogP contribution in [0.1, 0.15) is 21.8 Å². The van der Waals surface area contributed by atoms with Crippen molar-refractivity contribution in [2.45, 2.75) is 6.92 Å². The van der Waals surface area contributed by atoms with E-state index in [4.69, 9.17) is 16.0 Å². The van der Waals surface area contributed by atoms with Crippen LogP contribution in [0.4, 0.5) is 0 Å². The SMILES string of the molecule is Cc1ccc(-c2ccc(C=NNC(=O)c3ccccn3)o2)cc1Cl. The van der Waals surface area contributed by atoms with Gasteiger partial charge in [-0.05, 0) is 42.8 Å². The third-order valence-corrected chi connectivity index (χ3v) is 3.75. The number of carbonyl (C=O) groups is 1. The highest BCUT2D eigenvalue weighted by atomic mass is 35.5. The number of nitrogens with zero attached hydrogens (tertiary/aromatic N) is 2. The average Bonchev–Trinajstić information content (AvgIpc) is 3.07. The predicted octanol–water partition coefficient (Wildman–Crippen LogP) is 4.07. The number of benzene rings is 1. The zero-order valence-corrected chi connectivity index (χ0v) is 13.6. The molecule has 0 aliphatic rings. The van der Waals surface area contributed by atoms with Crippen molar-refractivity contribution < 1.29 is 9.21 Å². The fraction of sp³-hybridized carbons (Fsp3) is 0.0556. The summed E-state index contributed by atoms with van der Waals surface area (Å²) < 4.78 is 5.68. The zero-order valence-electron chi connectivity index (χ0n) is 12.9. The summed E-state index contributed by atoms with van der Waals surface area (Å²) in [6.07, 6.45) is 2.98. The molecule has 1 amide bonds. The molecule has 1 aromatic carbocycles. The highest BCUT2D eigenvalue weighted by Gasteiger charge is 2.06. The summed E-state index contributed by atoms with van der Waals surface area (Å²) in [6, 6.07) is 14.4. The van der Waals surface area contributed by atoms with Gasteiger partial charge in [-0.1, -0.05) is 29.8 Å². The number of hydrogen-bond acceptors (Lipinski definition) is 4. The number of hydrogen-bond donors (Lipinski definition) is 1. The van der Waals surface area contributed by atoms with Gasteiger partial charge in [-0.2, -0.15) is 5.10 Å². The maximum atomic E-state index is 11.8. The molecule has 0 bridgehead atoms. The normalized spacial score (nSPS) is 10.9. The first-order valence-electron chi connectivity index (χ1n) is 7.24. The second-order valence-electron chi connectivity index (χ2n) is 5.08. The van der Waals surface area contributed by atoms with E-state index in [0.717, 1.165) is 11.1 Å². The molecule has 0 spiro atoms. The van der Waals surface area contributed by atoms with Crippen LogP contribution in [0.25, 0.3) is 11.3 Å². The van der Waals surface area contributed by atoms with E-state index >= 15 is 0 Å². The Kier molecular flexibility index (Phi) is 4.72. The number of amides is 1. The van der Waals surface area contributed by atoms with Gasteiger partial charge in [0.25, 0.3) is 5.91 Å². The fourth-order valence-corrected chi connectivity index (χ4v) is 2.21. The molecule has 3 aromatic rings. The summed E-state index contributed by atoms with van der Waals surface area (Å²) in [5.74, 6) is 0.807. The van der Waals surface area contributed by atoms with Crippen LogP contribution in [-0.2, 0) is 0 Å². The van der Waals surface area contributed by atoms with Gasteiger partial charge in [0, 0.05) is 16.8 Å². The molecule has 0 aliphatic carbocycles. The van der Waals surface area contributed by atoms with E-state index in [2.05, 4.69) is 15.5 Å². The number of pyridine rings is 1. The first kappa shape index (κ1) is 16.0. The minimum absolute atomic E-state index is 0.295. The highest BCUT2D eigenvalue weighted by Crippen LogP contribution is 2.26. The Morgan fingerprint density at radius 3 is 2.88 bits per heavy atom. The third kappa shape index (κ3) is 3.70. The molecular weight excluding hydrogens is 326 g/mol. The van der Waals surface area contributed by atoms with Crippen molar-refractivity contribution in [3.05, 3.63) is 76.8 Å². The molecule has 1 N–H and O–H groups in total. The molecule has 2 aromatic heterocycles. The Labute approximate surface area is 144 Å². The van der Waals surface area contributed by atoms with Crippen LogP contribution in [-0.4, -0.2) is 17.1 Å². The summed E-state index contributed by atoms with van der Waals surface area (Å²) in [6.45, 7) is 1.94. The number of furan rings is 1. The first-order chi connectivity index (χ1) is 11.6. The highest BCUT2D eigenvalue weighted by molar-refractivity contribution is 6.31. The molecule has 0 saturated carbocycles. The monoisotopic (exact) mass is 339 g/mol. The van der Waals surface area contributed by atoms with Gasteiger partial charge in [0.15, 0.2) is 0 Å². The number of hydrazone groups is 1. The molecule has 0 aliphatic heterocycles. The van der Waals surface area contributed by atoms with Gasteiger partial charge < -0.3 is 4.42 Å². The standard InChI is InChI=1S/C18H14ClN3O2/c1-12-5-6-13(10-15(12)19)17-8-7-14(24-17)11-21-22-18(23)16-4-2-3-9-20-16/h2-11H,1H3,(H,22,23). The average molecular weight is 340 g/mol. The molecule has 5 nitrogen and oxygen atoms in total. The summed E-state index contributed by atoms with van der Waals surface area (Å²) in [5, 5.41) is 4.55. The number of rotatable bonds is 4. The van der Waals surface area contributed by atoms with Crippen LogP contribution in [0, 0.1) is 6.92 Å². The molecule has 0 radical (unpaired) electrons. The molecule has 6 heteroatoms. The Bertz CT molecular complexity index is 888. The van der Waals surface area contributed by atoms with Crippen molar-refractivity contribution in [2.24, 2.45) is 5.10 Å². The maximum absolute atomic E-state index is 11.8. The minimum Gasteiger partial charge on any atom is -0.455 e. The van der Waals surface area contributed by atoms with E-state index in [9.17, 15) is 4.79 Å². The molecule has 2 heterocycles. The smallest absolute Gasteiger partial charge is 0.289 e. The number of halogens is 1. The molecule has 24 heavy (non-hydrogen) atoms. The Morgan fingerprint density at radius 2 is 2.12 bits per heavy atom. The largest absolute Gasteiger partial charge is 0.455 e. The van der Waals surface area contributed by atoms with Gasteiger partial charge >= 0.3 is 0 Å². The molecule has 0 unspecified atom stereocenters. The van der Waals surface area contributed by atoms with Crippen LogP contribution in [0.3, 0.4) is 0 Å². The van der Waals surface area contributed by atoms with Crippen LogP contribution < -0.4 is 5.43 Å². The Morgan fingerprint density at radius 1 is 1.25 bits per heavy atom.